The summed E-state index contributed by atoms with van der Waals surface area (Å²) in [6, 6.07) is 0.649. The van der Waals surface area contributed by atoms with E-state index in [1.807, 2.05) is 0 Å². The zero-order valence-corrected chi connectivity index (χ0v) is 13.0. The summed E-state index contributed by atoms with van der Waals surface area (Å²) in [6.45, 7) is 6.92. The molecule has 0 radical (unpaired) electrons. The second kappa shape index (κ2) is 7.05. The molecule has 0 aromatic rings. The van der Waals surface area contributed by atoms with Crippen molar-refractivity contribution in [1.29, 1.82) is 0 Å². The maximum absolute atomic E-state index is 6.28. The number of nitrogens with two attached hydrogens (primary N) is 1. The number of rotatable bonds is 2. The van der Waals surface area contributed by atoms with Gasteiger partial charge in [0.15, 0.2) is 0 Å². The van der Waals surface area contributed by atoms with Crippen molar-refractivity contribution in [3.8, 4) is 0 Å². The molecule has 1 aliphatic heterocycles. The molecule has 1 saturated heterocycles. The second-order valence-corrected chi connectivity index (χ2v) is 6.85. The molecule has 0 spiro atoms. The minimum atomic E-state index is 0.297. The van der Waals surface area contributed by atoms with Crippen LogP contribution in [0.5, 0.6) is 0 Å². The highest BCUT2D eigenvalue weighted by atomic mass is 15.3. The first-order valence-electron chi connectivity index (χ1n) is 8.33. The lowest BCUT2D eigenvalue weighted by molar-refractivity contribution is 0.0348. The third-order valence-corrected chi connectivity index (χ3v) is 5.32. The van der Waals surface area contributed by atoms with Gasteiger partial charge < -0.3 is 10.6 Å². The zero-order chi connectivity index (χ0) is 13.7. The molecular weight excluding hydrogens is 234 g/mol. The molecule has 0 amide bonds. The Balaban J connectivity index is 2.12. The van der Waals surface area contributed by atoms with Gasteiger partial charge in [0.2, 0.25) is 0 Å². The number of hydrogen-bond acceptors (Lipinski definition) is 3. The molecule has 1 saturated carbocycles. The van der Waals surface area contributed by atoms with Crippen LogP contribution >= 0.6 is 0 Å². The van der Waals surface area contributed by atoms with E-state index in [2.05, 4.69) is 23.8 Å². The SMILES string of the molecule is CC1CN(C)CCCN1C1(CN)CCCCCCC1. The van der Waals surface area contributed by atoms with Crippen molar-refractivity contribution < 1.29 is 0 Å². The van der Waals surface area contributed by atoms with Crippen LogP contribution < -0.4 is 5.73 Å². The molecule has 2 fully saturated rings. The maximum atomic E-state index is 6.28. The fraction of sp³-hybridized carbons (Fsp3) is 1.00. The molecule has 2 N–H and O–H groups in total. The minimum absolute atomic E-state index is 0.297. The monoisotopic (exact) mass is 267 g/mol. The summed E-state index contributed by atoms with van der Waals surface area (Å²) in [7, 11) is 2.26. The fourth-order valence-corrected chi connectivity index (χ4v) is 4.25. The van der Waals surface area contributed by atoms with Crippen LogP contribution in [0.4, 0.5) is 0 Å². The van der Waals surface area contributed by atoms with Crippen LogP contribution in [0, 0.1) is 0 Å². The van der Waals surface area contributed by atoms with Gasteiger partial charge >= 0.3 is 0 Å². The highest BCUT2D eigenvalue weighted by molar-refractivity contribution is 4.96. The molecule has 0 aromatic heterocycles. The molecule has 3 heteroatoms. The van der Waals surface area contributed by atoms with E-state index in [1.165, 1.54) is 71.0 Å². The molecule has 1 unspecified atom stereocenters. The van der Waals surface area contributed by atoms with E-state index in [-0.39, 0.29) is 0 Å². The van der Waals surface area contributed by atoms with Gasteiger partial charge in [-0.2, -0.15) is 0 Å². The Morgan fingerprint density at radius 2 is 1.63 bits per heavy atom. The van der Waals surface area contributed by atoms with Crippen LogP contribution in [0.1, 0.15) is 58.3 Å². The Bertz CT molecular complexity index is 259. The van der Waals surface area contributed by atoms with Crippen molar-refractivity contribution in [2.75, 3.05) is 33.2 Å². The van der Waals surface area contributed by atoms with E-state index in [1.54, 1.807) is 0 Å². The summed E-state index contributed by atoms with van der Waals surface area (Å²) < 4.78 is 0. The van der Waals surface area contributed by atoms with E-state index in [4.69, 9.17) is 5.73 Å². The van der Waals surface area contributed by atoms with Crippen molar-refractivity contribution in [2.24, 2.45) is 5.73 Å². The highest BCUT2D eigenvalue weighted by Gasteiger charge is 2.38. The van der Waals surface area contributed by atoms with Gasteiger partial charge in [0, 0.05) is 31.2 Å². The Morgan fingerprint density at radius 3 is 2.26 bits per heavy atom. The highest BCUT2D eigenvalue weighted by Crippen LogP contribution is 2.33. The Morgan fingerprint density at radius 1 is 1.00 bits per heavy atom. The average Bonchev–Trinajstić information content (AvgIpc) is 2.52. The number of likely N-dealkylation sites (N-methyl/N-ethyl adjacent to an activating group) is 1. The fourth-order valence-electron chi connectivity index (χ4n) is 4.25. The van der Waals surface area contributed by atoms with E-state index < -0.39 is 0 Å². The first-order valence-corrected chi connectivity index (χ1v) is 8.33. The van der Waals surface area contributed by atoms with Gasteiger partial charge in [-0.3, -0.25) is 4.90 Å². The number of hydrogen-bond donors (Lipinski definition) is 1. The summed E-state index contributed by atoms with van der Waals surface area (Å²) in [5.41, 5.74) is 6.58. The van der Waals surface area contributed by atoms with Gasteiger partial charge in [0.25, 0.3) is 0 Å². The first-order chi connectivity index (χ1) is 9.18. The van der Waals surface area contributed by atoms with Gasteiger partial charge in [0.05, 0.1) is 0 Å². The molecular formula is C16H33N3. The first kappa shape index (κ1) is 15.3. The largest absolute Gasteiger partial charge is 0.329 e. The summed E-state index contributed by atoms with van der Waals surface area (Å²) in [6.07, 6.45) is 10.9. The molecule has 19 heavy (non-hydrogen) atoms. The van der Waals surface area contributed by atoms with Crippen LogP contribution in [-0.4, -0.2) is 54.6 Å². The number of nitrogens with zero attached hydrogens (tertiary/aromatic N) is 2. The van der Waals surface area contributed by atoms with E-state index in [0.717, 1.165) is 6.54 Å². The van der Waals surface area contributed by atoms with E-state index in [9.17, 15) is 0 Å². The van der Waals surface area contributed by atoms with Crippen molar-refractivity contribution in [1.82, 2.24) is 9.80 Å². The predicted octanol–water partition coefficient (Wildman–Crippen LogP) is 2.45. The summed E-state index contributed by atoms with van der Waals surface area (Å²) >= 11 is 0. The second-order valence-electron chi connectivity index (χ2n) is 6.85. The summed E-state index contributed by atoms with van der Waals surface area (Å²) in [5.74, 6) is 0. The third kappa shape index (κ3) is 3.71. The summed E-state index contributed by atoms with van der Waals surface area (Å²) in [4.78, 5) is 5.26. The average molecular weight is 267 g/mol. The molecule has 2 aliphatic rings. The Hall–Kier alpha value is -0.120. The molecule has 0 aromatic carbocycles. The molecule has 3 nitrogen and oxygen atoms in total. The van der Waals surface area contributed by atoms with Crippen molar-refractivity contribution in [2.45, 2.75) is 69.9 Å². The molecule has 1 atom stereocenters. The van der Waals surface area contributed by atoms with Crippen LogP contribution in [0.25, 0.3) is 0 Å². The third-order valence-electron chi connectivity index (χ3n) is 5.32. The Kier molecular flexibility index (Phi) is 5.67. The Labute approximate surface area is 119 Å². The molecule has 0 bridgehead atoms. The van der Waals surface area contributed by atoms with Gasteiger partial charge in [-0.15, -0.1) is 0 Å². The quantitative estimate of drug-likeness (QED) is 0.834. The van der Waals surface area contributed by atoms with Gasteiger partial charge in [-0.1, -0.05) is 32.1 Å². The smallest absolute Gasteiger partial charge is 0.0335 e. The lowest BCUT2D eigenvalue weighted by Gasteiger charge is -2.47. The summed E-state index contributed by atoms with van der Waals surface area (Å²) in [5, 5.41) is 0. The lowest BCUT2D eigenvalue weighted by Crippen LogP contribution is -2.58. The molecule has 2 rings (SSSR count). The van der Waals surface area contributed by atoms with E-state index in [0.29, 0.717) is 11.6 Å². The van der Waals surface area contributed by atoms with Crippen molar-refractivity contribution in [3.63, 3.8) is 0 Å². The van der Waals surface area contributed by atoms with Crippen LogP contribution in [0.3, 0.4) is 0 Å². The van der Waals surface area contributed by atoms with Gasteiger partial charge in [-0.05, 0) is 39.8 Å². The molecule has 1 aliphatic carbocycles. The van der Waals surface area contributed by atoms with Crippen molar-refractivity contribution in [3.05, 3.63) is 0 Å². The van der Waals surface area contributed by atoms with Crippen LogP contribution in [0.15, 0.2) is 0 Å². The minimum Gasteiger partial charge on any atom is -0.329 e. The molecule has 1 heterocycles. The maximum Gasteiger partial charge on any atom is 0.0335 e. The standard InChI is InChI=1S/C16H33N3/c1-15-13-18(2)11-8-12-19(15)16(14-17)9-6-4-3-5-7-10-16/h15H,3-14,17H2,1-2H3. The lowest BCUT2D eigenvalue weighted by atomic mass is 9.81. The van der Waals surface area contributed by atoms with Crippen LogP contribution in [-0.2, 0) is 0 Å². The van der Waals surface area contributed by atoms with E-state index >= 15 is 0 Å². The van der Waals surface area contributed by atoms with Gasteiger partial charge in [0.1, 0.15) is 0 Å². The van der Waals surface area contributed by atoms with Crippen LogP contribution in [0.2, 0.25) is 0 Å². The topological polar surface area (TPSA) is 32.5 Å². The van der Waals surface area contributed by atoms with Crippen molar-refractivity contribution >= 4 is 0 Å². The molecule has 112 valence electrons. The van der Waals surface area contributed by atoms with Gasteiger partial charge in [-0.25, -0.2) is 0 Å². The predicted molar refractivity (Wildman–Crippen MR) is 82.4 cm³/mol. The normalized spacial score (nSPS) is 31.4. The zero-order valence-electron chi connectivity index (χ0n) is 13.0.